The molecule has 2 fully saturated rings. The van der Waals surface area contributed by atoms with E-state index in [0.29, 0.717) is 31.9 Å². The fourth-order valence-electron chi connectivity index (χ4n) is 4.58. The van der Waals surface area contributed by atoms with Gasteiger partial charge in [-0.2, -0.15) is 0 Å². The highest BCUT2D eigenvalue weighted by atomic mass is 32.1. The van der Waals surface area contributed by atoms with Crippen molar-refractivity contribution < 1.29 is 24.2 Å². The molecule has 0 spiro atoms. The summed E-state index contributed by atoms with van der Waals surface area (Å²) in [6, 6.07) is 14.3. The lowest BCUT2D eigenvalue weighted by molar-refractivity contribution is -0.140. The number of aliphatic hydroxyl groups is 1. The SMILES string of the molecule is COc1ccc2cc(/C(O)=C3\C(=O)C(=O)N(CCN4CCOCC4)C3c3cccs3)ccc2c1. The standard InChI is InChI=1S/C26H26N2O5S/c1-32-20-7-6-17-15-19(5-4-18(17)16-20)24(29)22-23(21-3-2-14-34-21)28(26(31)25(22)30)9-8-27-10-12-33-13-11-27/h2-7,14-16,23,29H,8-13H2,1H3/b24-22+. The number of nitrogens with zero attached hydrogens (tertiary/aromatic N) is 2. The Bertz CT molecular complexity index is 1250. The molecule has 2 aliphatic rings. The Morgan fingerprint density at radius 3 is 2.59 bits per heavy atom. The number of fused-ring (bicyclic) bond motifs is 1. The maximum atomic E-state index is 13.2. The zero-order valence-electron chi connectivity index (χ0n) is 18.9. The Labute approximate surface area is 201 Å². The molecule has 5 rings (SSSR count). The summed E-state index contributed by atoms with van der Waals surface area (Å²) in [6.45, 7) is 3.99. The van der Waals surface area contributed by atoms with Crippen molar-refractivity contribution in [1.82, 2.24) is 9.80 Å². The molecule has 2 aliphatic heterocycles. The Morgan fingerprint density at radius 2 is 1.85 bits per heavy atom. The minimum atomic E-state index is -0.646. The highest BCUT2D eigenvalue weighted by Gasteiger charge is 2.46. The van der Waals surface area contributed by atoms with E-state index in [4.69, 9.17) is 9.47 Å². The van der Waals surface area contributed by atoms with E-state index in [1.165, 1.54) is 11.3 Å². The van der Waals surface area contributed by atoms with Gasteiger partial charge in [0.25, 0.3) is 11.7 Å². The summed E-state index contributed by atoms with van der Waals surface area (Å²) in [6.07, 6.45) is 0. The Balaban J connectivity index is 1.52. The number of carbonyl (C=O) groups excluding carboxylic acids is 2. The number of methoxy groups -OCH3 is 1. The predicted octanol–water partition coefficient (Wildman–Crippen LogP) is 3.66. The van der Waals surface area contributed by atoms with E-state index >= 15 is 0 Å². The molecule has 1 N–H and O–H groups in total. The van der Waals surface area contributed by atoms with Crippen LogP contribution in [0.4, 0.5) is 0 Å². The second-order valence-electron chi connectivity index (χ2n) is 8.39. The van der Waals surface area contributed by atoms with Crippen LogP contribution in [0.5, 0.6) is 5.75 Å². The van der Waals surface area contributed by atoms with Gasteiger partial charge in [0.05, 0.1) is 31.9 Å². The van der Waals surface area contributed by atoms with Crippen LogP contribution in [-0.4, -0.2) is 73.1 Å². The molecule has 2 saturated heterocycles. The normalized spacial score (nSPS) is 20.9. The number of hydrogen-bond acceptors (Lipinski definition) is 7. The average Bonchev–Trinajstić information content (AvgIpc) is 3.49. The molecule has 3 aromatic rings. The lowest BCUT2D eigenvalue weighted by Crippen LogP contribution is -2.42. The first-order chi connectivity index (χ1) is 16.6. The summed E-state index contributed by atoms with van der Waals surface area (Å²) in [5, 5.41) is 15.1. The molecule has 2 aromatic carbocycles. The van der Waals surface area contributed by atoms with Gasteiger partial charge in [0.1, 0.15) is 11.5 Å². The van der Waals surface area contributed by atoms with Gasteiger partial charge in [-0.05, 0) is 40.4 Å². The van der Waals surface area contributed by atoms with Crippen LogP contribution in [0.25, 0.3) is 16.5 Å². The summed E-state index contributed by atoms with van der Waals surface area (Å²) in [7, 11) is 1.62. The van der Waals surface area contributed by atoms with Crippen molar-refractivity contribution in [1.29, 1.82) is 0 Å². The average molecular weight is 479 g/mol. The molecule has 176 valence electrons. The second-order valence-corrected chi connectivity index (χ2v) is 9.37. The van der Waals surface area contributed by atoms with Gasteiger partial charge in [0.15, 0.2) is 0 Å². The van der Waals surface area contributed by atoms with Crippen LogP contribution in [0.2, 0.25) is 0 Å². The molecular weight excluding hydrogens is 452 g/mol. The van der Waals surface area contributed by atoms with Gasteiger partial charge in [-0.15, -0.1) is 11.3 Å². The van der Waals surface area contributed by atoms with Crippen LogP contribution in [0.15, 0.2) is 59.5 Å². The van der Waals surface area contributed by atoms with E-state index in [2.05, 4.69) is 4.90 Å². The van der Waals surface area contributed by atoms with Crippen molar-refractivity contribution in [2.75, 3.05) is 46.5 Å². The van der Waals surface area contributed by atoms with E-state index in [-0.39, 0.29) is 11.3 Å². The minimum Gasteiger partial charge on any atom is -0.507 e. The number of carbonyl (C=O) groups is 2. The predicted molar refractivity (Wildman–Crippen MR) is 131 cm³/mol. The number of ketones is 1. The van der Waals surface area contributed by atoms with Gasteiger partial charge in [0, 0.05) is 36.6 Å². The first-order valence-electron chi connectivity index (χ1n) is 11.3. The Morgan fingerprint density at radius 1 is 1.09 bits per heavy atom. The molecule has 0 radical (unpaired) electrons. The molecule has 8 heteroatoms. The molecule has 3 heterocycles. The maximum Gasteiger partial charge on any atom is 0.295 e. The van der Waals surface area contributed by atoms with Gasteiger partial charge in [0.2, 0.25) is 0 Å². The van der Waals surface area contributed by atoms with Crippen LogP contribution in [-0.2, 0) is 14.3 Å². The number of rotatable bonds is 6. The largest absolute Gasteiger partial charge is 0.507 e. The molecule has 1 atom stereocenters. The third kappa shape index (κ3) is 4.20. The Hall–Kier alpha value is -3.20. The van der Waals surface area contributed by atoms with Crippen LogP contribution in [0.3, 0.4) is 0 Å². The molecule has 1 aromatic heterocycles. The zero-order chi connectivity index (χ0) is 23.7. The van der Waals surface area contributed by atoms with Gasteiger partial charge in [-0.1, -0.05) is 24.3 Å². The van der Waals surface area contributed by atoms with Gasteiger partial charge in [-0.25, -0.2) is 0 Å². The molecule has 7 nitrogen and oxygen atoms in total. The van der Waals surface area contributed by atoms with Crippen LogP contribution in [0.1, 0.15) is 16.5 Å². The second kappa shape index (κ2) is 9.58. The zero-order valence-corrected chi connectivity index (χ0v) is 19.7. The monoisotopic (exact) mass is 478 g/mol. The Kier molecular flexibility index (Phi) is 6.36. The lowest BCUT2D eigenvalue weighted by atomic mass is 9.98. The maximum absolute atomic E-state index is 13.2. The first-order valence-corrected chi connectivity index (χ1v) is 12.1. The molecule has 1 unspecified atom stereocenters. The third-order valence-corrected chi connectivity index (χ3v) is 7.36. The fraction of sp³-hybridized carbons (Fsp3) is 0.308. The third-order valence-electron chi connectivity index (χ3n) is 6.43. The number of likely N-dealkylation sites (tertiary alicyclic amines) is 1. The number of benzene rings is 2. The number of hydrogen-bond donors (Lipinski definition) is 1. The number of thiophene rings is 1. The lowest BCUT2D eigenvalue weighted by Gasteiger charge is -2.30. The summed E-state index contributed by atoms with van der Waals surface area (Å²) >= 11 is 1.47. The highest BCUT2D eigenvalue weighted by Crippen LogP contribution is 2.41. The molecular formula is C26H26N2O5S. The van der Waals surface area contributed by atoms with Gasteiger partial charge < -0.3 is 19.5 Å². The number of amides is 1. The summed E-state index contributed by atoms with van der Waals surface area (Å²) in [5.41, 5.74) is 0.646. The summed E-state index contributed by atoms with van der Waals surface area (Å²) in [5.74, 6) is -0.622. The van der Waals surface area contributed by atoms with E-state index in [1.807, 2.05) is 47.8 Å². The summed E-state index contributed by atoms with van der Waals surface area (Å²) < 4.78 is 10.7. The van der Waals surface area contributed by atoms with E-state index < -0.39 is 17.7 Å². The number of ether oxygens (including phenoxy) is 2. The summed E-state index contributed by atoms with van der Waals surface area (Å²) in [4.78, 5) is 31.0. The van der Waals surface area contributed by atoms with Crippen molar-refractivity contribution in [3.8, 4) is 5.75 Å². The molecule has 1 amide bonds. The van der Waals surface area contributed by atoms with Crippen LogP contribution >= 0.6 is 11.3 Å². The topological polar surface area (TPSA) is 79.3 Å². The quantitative estimate of drug-likeness (QED) is 0.331. The van der Waals surface area contributed by atoms with E-state index in [0.717, 1.165) is 34.5 Å². The van der Waals surface area contributed by atoms with Crippen molar-refractivity contribution in [3.05, 3.63) is 69.9 Å². The van der Waals surface area contributed by atoms with Crippen LogP contribution < -0.4 is 4.74 Å². The van der Waals surface area contributed by atoms with Gasteiger partial charge in [-0.3, -0.25) is 14.5 Å². The fourth-order valence-corrected chi connectivity index (χ4v) is 5.43. The smallest absolute Gasteiger partial charge is 0.295 e. The van der Waals surface area contributed by atoms with Crippen molar-refractivity contribution >= 4 is 39.6 Å². The molecule has 0 aliphatic carbocycles. The van der Waals surface area contributed by atoms with Crippen molar-refractivity contribution in [2.45, 2.75) is 6.04 Å². The van der Waals surface area contributed by atoms with E-state index in [9.17, 15) is 14.7 Å². The number of aliphatic hydroxyl groups excluding tert-OH is 1. The molecule has 34 heavy (non-hydrogen) atoms. The highest BCUT2D eigenvalue weighted by molar-refractivity contribution is 7.10. The van der Waals surface area contributed by atoms with E-state index in [1.54, 1.807) is 18.1 Å². The van der Waals surface area contributed by atoms with Crippen LogP contribution in [0, 0.1) is 0 Å². The van der Waals surface area contributed by atoms with Crippen molar-refractivity contribution in [2.24, 2.45) is 0 Å². The number of morpholine rings is 1. The first kappa shape index (κ1) is 22.6. The van der Waals surface area contributed by atoms with Gasteiger partial charge >= 0.3 is 0 Å². The molecule has 0 bridgehead atoms. The molecule has 0 saturated carbocycles. The minimum absolute atomic E-state index is 0.141. The van der Waals surface area contributed by atoms with Crippen molar-refractivity contribution in [3.63, 3.8) is 0 Å². The number of Topliss-reactive ketones (excluding diaryl/α,β-unsaturated/α-hetero) is 1.